The molecule has 8 atom stereocenters. The summed E-state index contributed by atoms with van der Waals surface area (Å²) in [6.45, 7) is 18.1. The van der Waals surface area contributed by atoms with Crippen molar-refractivity contribution in [3.63, 3.8) is 0 Å². The third-order valence-corrected chi connectivity index (χ3v) is 13.0. The molecule has 3 unspecified atom stereocenters. The molecule has 75 heavy (non-hydrogen) atoms. The van der Waals surface area contributed by atoms with Crippen molar-refractivity contribution >= 4 is 47.1 Å². The number of azide groups is 1. The van der Waals surface area contributed by atoms with Gasteiger partial charge in [0.2, 0.25) is 0 Å². The SMILES string of the molecule is CC(C[C@@H]1[C@H](CC(C)[C@H](NC(=O)OC(C)(C)C)C(=O)O)[C@@H](c2c[nH]c3c(N=[N+]=[N-])ncnc23)N(C(=O)OC(C)(C)C)[C@H]1COC(c1ccccc1)(c1ccccc1)c1ccccc1)C(NC(=O)OC(C)(C)C)C(=O)O. The van der Waals surface area contributed by atoms with E-state index in [9.17, 15) is 34.9 Å². The fraction of sp³-hybridized carbons (Fsp3) is 0.473. The number of aliphatic carboxylic acids is 2. The minimum Gasteiger partial charge on any atom is -0.480 e. The molecule has 1 fully saturated rings. The number of carbonyl (C=O) groups excluding carboxylic acids is 3. The molecule has 3 amide bonds. The Morgan fingerprint density at radius 1 is 0.693 bits per heavy atom. The number of H-pyrrole nitrogens is 1. The van der Waals surface area contributed by atoms with Gasteiger partial charge in [-0.1, -0.05) is 105 Å². The number of amides is 3. The first kappa shape index (κ1) is 56.6. The monoisotopic (exact) mass is 1030 g/mol. The summed E-state index contributed by atoms with van der Waals surface area (Å²) >= 11 is 0. The standard InChI is InChI=1S/C55H69N9O11/c1-32(41(47(65)66)60-49(69)73-52(3,4)5)27-37-38(28-33(2)42(48(67)68)61-50(70)74-53(6,7)8)45(39-29-57-44-43(39)58-31-59-46(44)62-63-56)64(51(71)75-54(9,10)11)40(37)30-72-55(34-21-15-12-16-22-34,35-23-17-13-18-24-35)36-25-19-14-20-26-36/h12-26,29,31-33,37-38,40-42,45,57H,27-28,30H2,1-11H3,(H,60,69)(H,61,70)(H,65,66)(H,67,68)/t32?,33?,37-,38+,40+,41?,42+,45+/m1/s1. The van der Waals surface area contributed by atoms with Crippen LogP contribution in [0.1, 0.15) is 117 Å². The average Bonchev–Trinajstić information content (AvgIpc) is 3.88. The quantitative estimate of drug-likeness (QED) is 0.0180. The molecule has 0 bridgehead atoms. The summed E-state index contributed by atoms with van der Waals surface area (Å²) in [6, 6.07) is 23.6. The van der Waals surface area contributed by atoms with Crippen LogP contribution >= 0.6 is 0 Å². The lowest BCUT2D eigenvalue weighted by molar-refractivity contribution is -0.142. The first-order valence-electron chi connectivity index (χ1n) is 24.9. The van der Waals surface area contributed by atoms with Crippen LogP contribution in [0.25, 0.3) is 21.5 Å². The predicted molar refractivity (Wildman–Crippen MR) is 279 cm³/mol. The Bertz CT molecular complexity index is 2740. The molecule has 20 nitrogen and oxygen atoms in total. The number of aromatic amines is 1. The molecule has 1 aliphatic rings. The molecular formula is C55H69N9O11. The fourth-order valence-electron chi connectivity index (χ4n) is 10.1. The fourth-order valence-corrected chi connectivity index (χ4v) is 10.1. The first-order valence-corrected chi connectivity index (χ1v) is 24.9. The molecule has 2 aromatic heterocycles. The molecule has 1 aliphatic heterocycles. The topological polar surface area (TPSA) is 280 Å². The third-order valence-electron chi connectivity index (χ3n) is 13.0. The Morgan fingerprint density at radius 2 is 1.13 bits per heavy atom. The van der Waals surface area contributed by atoms with E-state index in [1.54, 1.807) is 87.3 Å². The van der Waals surface area contributed by atoms with E-state index in [2.05, 4.69) is 35.6 Å². The minimum atomic E-state index is -1.53. The van der Waals surface area contributed by atoms with Gasteiger partial charge in [-0.3, -0.25) is 4.90 Å². The second-order valence-electron chi connectivity index (χ2n) is 22.0. The Balaban J connectivity index is 1.65. The highest BCUT2D eigenvalue weighted by molar-refractivity contribution is 5.88. The van der Waals surface area contributed by atoms with E-state index < -0.39 is 100 Å². The van der Waals surface area contributed by atoms with E-state index in [1.165, 1.54) is 6.33 Å². The highest BCUT2D eigenvalue weighted by Crippen LogP contribution is 2.53. The summed E-state index contributed by atoms with van der Waals surface area (Å²) in [5, 5.41) is 30.5. The molecule has 400 valence electrons. The van der Waals surface area contributed by atoms with Crippen molar-refractivity contribution in [2.24, 2.45) is 28.8 Å². The number of carboxylic acid groups (broad SMARTS) is 2. The third kappa shape index (κ3) is 13.7. The van der Waals surface area contributed by atoms with Crippen LogP contribution in [0.3, 0.4) is 0 Å². The van der Waals surface area contributed by atoms with Crippen LogP contribution in [-0.4, -0.2) is 102 Å². The number of likely N-dealkylation sites (tertiary alicyclic amines) is 1. The molecule has 0 spiro atoms. The molecule has 3 aromatic carbocycles. The summed E-state index contributed by atoms with van der Waals surface area (Å²) in [5.41, 5.74) is 8.35. The number of rotatable bonds is 18. The van der Waals surface area contributed by atoms with Crippen LogP contribution in [-0.2, 0) is 34.1 Å². The van der Waals surface area contributed by atoms with E-state index in [4.69, 9.17) is 18.9 Å². The van der Waals surface area contributed by atoms with Crippen molar-refractivity contribution in [3.05, 3.63) is 136 Å². The molecule has 3 heterocycles. The Morgan fingerprint density at radius 3 is 1.55 bits per heavy atom. The van der Waals surface area contributed by atoms with Gasteiger partial charge < -0.3 is 44.8 Å². The van der Waals surface area contributed by atoms with Gasteiger partial charge >= 0.3 is 30.2 Å². The highest BCUT2D eigenvalue weighted by atomic mass is 16.6. The number of carbonyl (C=O) groups is 5. The Kier molecular flexibility index (Phi) is 17.5. The van der Waals surface area contributed by atoms with Crippen LogP contribution in [0.5, 0.6) is 0 Å². The molecule has 0 radical (unpaired) electrons. The van der Waals surface area contributed by atoms with E-state index in [-0.39, 0.29) is 36.3 Å². The number of nitrogens with zero attached hydrogens (tertiary/aromatic N) is 6. The number of aromatic nitrogens is 3. The van der Waals surface area contributed by atoms with Crippen LogP contribution < -0.4 is 10.6 Å². The van der Waals surface area contributed by atoms with Gasteiger partial charge in [0.05, 0.1) is 29.7 Å². The van der Waals surface area contributed by atoms with E-state index >= 15 is 4.79 Å². The molecule has 5 N–H and O–H groups in total. The van der Waals surface area contributed by atoms with Crippen molar-refractivity contribution in [1.82, 2.24) is 30.5 Å². The number of carboxylic acids is 2. The molecule has 20 heteroatoms. The van der Waals surface area contributed by atoms with Crippen molar-refractivity contribution in [2.45, 2.75) is 136 Å². The van der Waals surface area contributed by atoms with Crippen LogP contribution in [0.4, 0.5) is 20.2 Å². The summed E-state index contributed by atoms with van der Waals surface area (Å²) in [5.74, 6) is -6.22. The Labute approximate surface area is 436 Å². The van der Waals surface area contributed by atoms with Gasteiger partial charge in [-0.05, 0) is 126 Å². The largest absolute Gasteiger partial charge is 0.480 e. The minimum absolute atomic E-state index is 0.0263. The first-order chi connectivity index (χ1) is 35.2. The molecule has 1 saturated heterocycles. The molecular weight excluding hydrogens is 963 g/mol. The number of hydrogen-bond acceptors (Lipinski definition) is 12. The van der Waals surface area contributed by atoms with Crippen LogP contribution in [0, 0.1) is 23.7 Å². The maximum absolute atomic E-state index is 15.5. The summed E-state index contributed by atoms with van der Waals surface area (Å²) in [6.07, 6.45) is 0.0436. The zero-order chi connectivity index (χ0) is 55.0. The van der Waals surface area contributed by atoms with Gasteiger partial charge in [-0.25, -0.2) is 33.9 Å². The van der Waals surface area contributed by atoms with Gasteiger partial charge in [-0.2, -0.15) is 0 Å². The van der Waals surface area contributed by atoms with Crippen molar-refractivity contribution < 1.29 is 53.1 Å². The smallest absolute Gasteiger partial charge is 0.411 e. The van der Waals surface area contributed by atoms with E-state index in [0.717, 1.165) is 16.7 Å². The highest BCUT2D eigenvalue weighted by Gasteiger charge is 2.56. The number of ether oxygens (including phenoxy) is 4. The lowest BCUT2D eigenvalue weighted by atomic mass is 9.73. The van der Waals surface area contributed by atoms with Crippen molar-refractivity contribution in [3.8, 4) is 0 Å². The average molecular weight is 1030 g/mol. The second-order valence-corrected chi connectivity index (χ2v) is 22.0. The number of fused-ring (bicyclic) bond motifs is 1. The number of benzene rings is 3. The van der Waals surface area contributed by atoms with Crippen molar-refractivity contribution in [2.75, 3.05) is 6.61 Å². The van der Waals surface area contributed by atoms with Crippen LogP contribution in [0.15, 0.2) is 109 Å². The Hall–Kier alpha value is -7.70. The zero-order valence-corrected chi connectivity index (χ0v) is 44.3. The number of hydrogen-bond donors (Lipinski definition) is 5. The molecule has 0 aliphatic carbocycles. The van der Waals surface area contributed by atoms with Gasteiger partial charge in [0.25, 0.3) is 0 Å². The van der Waals surface area contributed by atoms with Crippen molar-refractivity contribution in [1.29, 1.82) is 0 Å². The van der Waals surface area contributed by atoms with Gasteiger partial charge in [0.15, 0.2) is 5.82 Å². The number of alkyl carbamates (subject to hydrolysis) is 2. The molecule has 5 aromatic rings. The van der Waals surface area contributed by atoms with Crippen LogP contribution in [0.2, 0.25) is 0 Å². The maximum Gasteiger partial charge on any atom is 0.411 e. The summed E-state index contributed by atoms with van der Waals surface area (Å²) in [7, 11) is 0. The van der Waals surface area contributed by atoms with Gasteiger partial charge in [0.1, 0.15) is 40.8 Å². The van der Waals surface area contributed by atoms with E-state index in [0.29, 0.717) is 5.56 Å². The van der Waals surface area contributed by atoms with E-state index in [1.807, 2.05) is 91.0 Å². The normalized spacial score (nSPS) is 18.7. The molecule has 0 saturated carbocycles. The maximum atomic E-state index is 15.5. The predicted octanol–water partition coefficient (Wildman–Crippen LogP) is 10.8. The summed E-state index contributed by atoms with van der Waals surface area (Å²) < 4.78 is 24.9. The zero-order valence-electron chi connectivity index (χ0n) is 44.3. The summed E-state index contributed by atoms with van der Waals surface area (Å²) in [4.78, 5) is 85.3. The number of nitrogens with one attached hydrogen (secondary N) is 3. The lowest BCUT2D eigenvalue weighted by Crippen LogP contribution is -2.49. The van der Waals surface area contributed by atoms with Gasteiger partial charge in [-0.15, -0.1) is 0 Å². The lowest BCUT2D eigenvalue weighted by Gasteiger charge is -2.40. The van der Waals surface area contributed by atoms with Gasteiger partial charge in [0, 0.05) is 16.7 Å². The molecule has 6 rings (SSSR count). The second kappa shape index (κ2) is 23.2.